The quantitative estimate of drug-likeness (QED) is 0.646. The van der Waals surface area contributed by atoms with Crippen LogP contribution in [0.25, 0.3) is 16.6 Å². The highest BCUT2D eigenvalue weighted by molar-refractivity contribution is 6.35. The maximum atomic E-state index is 13.3. The zero-order valence-electron chi connectivity index (χ0n) is 16.4. The second kappa shape index (κ2) is 8.00. The van der Waals surface area contributed by atoms with E-state index in [4.69, 9.17) is 27.9 Å². The van der Waals surface area contributed by atoms with Gasteiger partial charge in [0.05, 0.1) is 38.9 Å². The fourth-order valence-corrected chi connectivity index (χ4v) is 3.24. The molecule has 3 aromatic rings. The van der Waals surface area contributed by atoms with Gasteiger partial charge in [0.2, 0.25) is 0 Å². The fourth-order valence-electron chi connectivity index (χ4n) is 2.82. The lowest BCUT2D eigenvalue weighted by Gasteiger charge is -2.23. The standard InChI is InChI=1S/C20H20Cl2N4O3/c1-11(24-19(28)29-20(2,3)4)17-25-15-7-5-6-14(22)16(15)18(27)26(17)13-8-12(21)9-23-10-13/h5-11H,1-4H3,(H,24,28). The second-order valence-corrected chi connectivity index (χ2v) is 8.32. The van der Waals surface area contributed by atoms with Crippen molar-refractivity contribution in [2.75, 3.05) is 0 Å². The number of aromatic nitrogens is 3. The monoisotopic (exact) mass is 434 g/mol. The molecule has 0 fully saturated rings. The van der Waals surface area contributed by atoms with Gasteiger partial charge in [-0.3, -0.25) is 14.3 Å². The summed E-state index contributed by atoms with van der Waals surface area (Å²) in [5.41, 5.74) is -0.228. The minimum Gasteiger partial charge on any atom is -0.444 e. The first-order valence-electron chi connectivity index (χ1n) is 8.88. The largest absolute Gasteiger partial charge is 0.444 e. The van der Waals surface area contributed by atoms with E-state index in [9.17, 15) is 9.59 Å². The highest BCUT2D eigenvalue weighted by Gasteiger charge is 2.23. The Hall–Kier alpha value is -2.64. The van der Waals surface area contributed by atoms with Gasteiger partial charge in [-0.1, -0.05) is 29.3 Å². The van der Waals surface area contributed by atoms with Gasteiger partial charge in [-0.2, -0.15) is 0 Å². The molecule has 0 spiro atoms. The minimum absolute atomic E-state index is 0.266. The van der Waals surface area contributed by atoms with Gasteiger partial charge in [0.15, 0.2) is 0 Å². The Morgan fingerprint density at radius 2 is 1.97 bits per heavy atom. The molecule has 152 valence electrons. The van der Waals surface area contributed by atoms with E-state index in [1.807, 2.05) is 0 Å². The number of pyridine rings is 1. The number of hydrogen-bond donors (Lipinski definition) is 1. The van der Waals surface area contributed by atoms with Gasteiger partial charge >= 0.3 is 6.09 Å². The number of rotatable bonds is 3. The molecule has 0 radical (unpaired) electrons. The normalized spacial score (nSPS) is 12.6. The van der Waals surface area contributed by atoms with E-state index < -0.39 is 23.3 Å². The average Bonchev–Trinajstić information content (AvgIpc) is 2.59. The molecule has 7 nitrogen and oxygen atoms in total. The molecule has 0 aliphatic rings. The molecule has 0 saturated carbocycles. The number of hydrogen-bond acceptors (Lipinski definition) is 5. The summed E-state index contributed by atoms with van der Waals surface area (Å²) >= 11 is 12.3. The first-order valence-corrected chi connectivity index (χ1v) is 9.64. The Labute approximate surface area is 177 Å². The molecule has 0 aliphatic heterocycles. The van der Waals surface area contributed by atoms with Gasteiger partial charge < -0.3 is 10.1 Å². The Balaban J connectivity index is 2.18. The summed E-state index contributed by atoms with van der Waals surface area (Å²) in [5, 5.41) is 3.61. The van der Waals surface area contributed by atoms with Crippen LogP contribution in [0, 0.1) is 0 Å². The Morgan fingerprint density at radius 1 is 1.24 bits per heavy atom. The van der Waals surface area contributed by atoms with Crippen molar-refractivity contribution < 1.29 is 9.53 Å². The molecule has 9 heteroatoms. The van der Waals surface area contributed by atoms with E-state index in [2.05, 4.69) is 15.3 Å². The van der Waals surface area contributed by atoms with Crippen molar-refractivity contribution in [3.05, 3.63) is 62.9 Å². The number of fused-ring (bicyclic) bond motifs is 1. The maximum Gasteiger partial charge on any atom is 0.408 e. The highest BCUT2D eigenvalue weighted by Crippen LogP contribution is 2.23. The number of halogens is 2. The lowest BCUT2D eigenvalue weighted by atomic mass is 10.2. The number of nitrogens with zero attached hydrogens (tertiary/aromatic N) is 3. The third kappa shape index (κ3) is 4.68. The topological polar surface area (TPSA) is 86.1 Å². The van der Waals surface area contributed by atoms with E-state index in [0.29, 0.717) is 22.1 Å². The lowest BCUT2D eigenvalue weighted by Crippen LogP contribution is -2.37. The molecular formula is C20H20Cl2N4O3. The van der Waals surface area contributed by atoms with Crippen molar-refractivity contribution in [3.63, 3.8) is 0 Å². The van der Waals surface area contributed by atoms with Crippen LogP contribution >= 0.6 is 23.2 Å². The van der Waals surface area contributed by atoms with Crippen LogP contribution in [0.1, 0.15) is 39.6 Å². The summed E-state index contributed by atoms with van der Waals surface area (Å²) in [7, 11) is 0. The van der Waals surface area contributed by atoms with Crippen LogP contribution in [-0.4, -0.2) is 26.2 Å². The second-order valence-electron chi connectivity index (χ2n) is 7.47. The van der Waals surface area contributed by atoms with Crippen LogP contribution in [0.2, 0.25) is 10.0 Å². The van der Waals surface area contributed by atoms with Crippen molar-refractivity contribution in [1.82, 2.24) is 19.9 Å². The van der Waals surface area contributed by atoms with Crippen molar-refractivity contribution in [1.29, 1.82) is 0 Å². The molecule has 3 rings (SSSR count). The first-order chi connectivity index (χ1) is 13.6. The zero-order chi connectivity index (χ0) is 21.3. The lowest BCUT2D eigenvalue weighted by molar-refractivity contribution is 0.0505. The maximum absolute atomic E-state index is 13.3. The third-order valence-electron chi connectivity index (χ3n) is 3.94. The number of alkyl carbamates (subject to hydrolysis) is 1. The molecule has 29 heavy (non-hydrogen) atoms. The van der Waals surface area contributed by atoms with E-state index in [-0.39, 0.29) is 10.4 Å². The van der Waals surface area contributed by atoms with Gasteiger partial charge in [-0.15, -0.1) is 0 Å². The number of amides is 1. The SMILES string of the molecule is CC(NC(=O)OC(C)(C)C)c1nc2cccc(Cl)c2c(=O)n1-c1cncc(Cl)c1. The molecule has 2 heterocycles. The molecule has 0 bridgehead atoms. The molecule has 1 N–H and O–H groups in total. The zero-order valence-corrected chi connectivity index (χ0v) is 17.9. The molecule has 0 aliphatic carbocycles. The van der Waals surface area contributed by atoms with Crippen molar-refractivity contribution in [2.45, 2.75) is 39.3 Å². The van der Waals surface area contributed by atoms with Crippen LogP contribution < -0.4 is 10.9 Å². The number of carbonyl (C=O) groups is 1. The van der Waals surface area contributed by atoms with Gasteiger partial charge in [0, 0.05) is 6.20 Å². The van der Waals surface area contributed by atoms with Crippen molar-refractivity contribution >= 4 is 40.2 Å². The smallest absolute Gasteiger partial charge is 0.408 e. The van der Waals surface area contributed by atoms with Crippen LogP contribution in [-0.2, 0) is 4.74 Å². The van der Waals surface area contributed by atoms with Gasteiger partial charge in [-0.25, -0.2) is 9.78 Å². The van der Waals surface area contributed by atoms with Crippen LogP contribution in [0.15, 0.2) is 41.5 Å². The number of nitrogens with one attached hydrogen (secondary N) is 1. The molecule has 1 aromatic carbocycles. The molecule has 1 unspecified atom stereocenters. The van der Waals surface area contributed by atoms with Crippen molar-refractivity contribution in [3.8, 4) is 5.69 Å². The minimum atomic E-state index is -0.662. The molecule has 2 aromatic heterocycles. The number of carbonyl (C=O) groups excluding carboxylic acids is 1. The van der Waals surface area contributed by atoms with E-state index in [1.54, 1.807) is 52.0 Å². The van der Waals surface area contributed by atoms with E-state index in [1.165, 1.54) is 17.0 Å². The predicted molar refractivity (Wildman–Crippen MR) is 113 cm³/mol. The highest BCUT2D eigenvalue weighted by atomic mass is 35.5. The fraction of sp³-hybridized carbons (Fsp3) is 0.300. The van der Waals surface area contributed by atoms with Crippen LogP contribution in [0.3, 0.4) is 0 Å². The predicted octanol–water partition coefficient (Wildman–Crippen LogP) is 4.67. The summed E-state index contributed by atoms with van der Waals surface area (Å²) in [4.78, 5) is 34.2. The number of ether oxygens (including phenoxy) is 1. The molecule has 1 amide bonds. The Bertz CT molecular complexity index is 1140. The van der Waals surface area contributed by atoms with E-state index >= 15 is 0 Å². The Kier molecular flexibility index (Phi) is 5.82. The summed E-state index contributed by atoms with van der Waals surface area (Å²) in [6.07, 6.45) is 2.32. The van der Waals surface area contributed by atoms with Crippen molar-refractivity contribution in [2.24, 2.45) is 0 Å². The van der Waals surface area contributed by atoms with E-state index in [0.717, 1.165) is 0 Å². The summed E-state index contributed by atoms with van der Waals surface area (Å²) in [5.74, 6) is 0.291. The van der Waals surface area contributed by atoms with Gasteiger partial charge in [0.1, 0.15) is 11.4 Å². The molecule has 0 saturated heterocycles. The summed E-state index contributed by atoms with van der Waals surface area (Å²) < 4.78 is 6.65. The third-order valence-corrected chi connectivity index (χ3v) is 4.46. The Morgan fingerprint density at radius 3 is 2.62 bits per heavy atom. The summed E-state index contributed by atoms with van der Waals surface area (Å²) in [6.45, 7) is 7.00. The first kappa shape index (κ1) is 21.1. The molecular weight excluding hydrogens is 415 g/mol. The van der Waals surface area contributed by atoms with Crippen LogP contribution in [0.5, 0.6) is 0 Å². The van der Waals surface area contributed by atoms with Gasteiger partial charge in [0.25, 0.3) is 5.56 Å². The van der Waals surface area contributed by atoms with Gasteiger partial charge in [-0.05, 0) is 45.9 Å². The number of benzene rings is 1. The summed E-state index contributed by atoms with van der Waals surface area (Å²) in [6, 6.07) is 5.95. The molecule has 1 atom stereocenters. The average molecular weight is 435 g/mol. The van der Waals surface area contributed by atoms with Crippen LogP contribution in [0.4, 0.5) is 4.79 Å².